The highest BCUT2D eigenvalue weighted by Crippen LogP contribution is 2.35. The van der Waals surface area contributed by atoms with E-state index in [1.165, 1.54) is 19.3 Å². The average molecular weight is 403 g/mol. The summed E-state index contributed by atoms with van der Waals surface area (Å²) in [5.74, 6) is 2.66. The molecule has 4 heterocycles. The van der Waals surface area contributed by atoms with E-state index in [-0.39, 0.29) is 11.9 Å². The molecule has 1 aromatic carbocycles. The van der Waals surface area contributed by atoms with Gasteiger partial charge in [-0.05, 0) is 49.9 Å². The van der Waals surface area contributed by atoms with Crippen LogP contribution in [0.1, 0.15) is 60.3 Å². The average Bonchev–Trinajstić information content (AvgIpc) is 3.35. The van der Waals surface area contributed by atoms with Gasteiger partial charge >= 0.3 is 0 Å². The number of hydrogen-bond acceptors (Lipinski definition) is 6. The summed E-state index contributed by atoms with van der Waals surface area (Å²) >= 11 is 0. The molecule has 1 unspecified atom stereocenters. The van der Waals surface area contributed by atoms with Gasteiger partial charge in [0.2, 0.25) is 0 Å². The lowest BCUT2D eigenvalue weighted by molar-refractivity contribution is 0.102. The number of carbonyl (C=O) groups excluding carboxylic acids is 1. The molecule has 1 saturated heterocycles. The summed E-state index contributed by atoms with van der Waals surface area (Å²) in [6.45, 7) is 1.89. The molecule has 1 N–H and O–H groups in total. The van der Waals surface area contributed by atoms with Crippen LogP contribution in [0.5, 0.6) is 0 Å². The van der Waals surface area contributed by atoms with Crippen molar-refractivity contribution in [2.24, 2.45) is 0 Å². The first-order valence-electron chi connectivity index (χ1n) is 10.7. The zero-order valence-electron chi connectivity index (χ0n) is 16.9. The molecule has 0 bridgehead atoms. The van der Waals surface area contributed by atoms with Crippen LogP contribution in [0.2, 0.25) is 0 Å². The van der Waals surface area contributed by atoms with Crippen molar-refractivity contribution in [2.75, 3.05) is 16.8 Å². The van der Waals surface area contributed by atoms with Crippen molar-refractivity contribution in [3.05, 3.63) is 59.8 Å². The number of aryl methyl sites for hydroxylation is 1. The maximum Gasteiger partial charge on any atom is 0.276 e. The Morgan fingerprint density at radius 2 is 1.80 bits per heavy atom. The molecule has 1 amide bonds. The Morgan fingerprint density at radius 1 is 0.900 bits per heavy atom. The highest BCUT2D eigenvalue weighted by Gasteiger charge is 2.32. The van der Waals surface area contributed by atoms with Crippen LogP contribution in [0.15, 0.2) is 42.5 Å². The second-order valence-corrected chi connectivity index (χ2v) is 7.89. The van der Waals surface area contributed by atoms with Crippen LogP contribution in [0.4, 0.5) is 11.5 Å². The Labute approximate surface area is 175 Å². The summed E-state index contributed by atoms with van der Waals surface area (Å²) in [6, 6.07) is 13.1. The Kier molecular flexibility index (Phi) is 5.13. The van der Waals surface area contributed by atoms with Crippen molar-refractivity contribution in [2.45, 2.75) is 51.1 Å². The maximum atomic E-state index is 12.4. The Balaban J connectivity index is 1.34. The molecule has 2 aliphatic heterocycles. The van der Waals surface area contributed by atoms with Gasteiger partial charge in [-0.25, -0.2) is 0 Å². The topological polar surface area (TPSA) is 88.8 Å². The molecule has 154 valence electrons. The first-order valence-corrected chi connectivity index (χ1v) is 10.7. The van der Waals surface area contributed by atoms with Crippen molar-refractivity contribution in [3.63, 3.8) is 0 Å². The van der Waals surface area contributed by atoms with E-state index in [0.29, 0.717) is 5.69 Å². The molecule has 5 rings (SSSR count). The fourth-order valence-corrected chi connectivity index (χ4v) is 4.38. The third kappa shape index (κ3) is 3.65. The van der Waals surface area contributed by atoms with Gasteiger partial charge in [0.1, 0.15) is 5.82 Å². The van der Waals surface area contributed by atoms with E-state index in [1.54, 1.807) is 6.07 Å². The van der Waals surface area contributed by atoms with Crippen molar-refractivity contribution in [1.82, 2.24) is 25.0 Å². The van der Waals surface area contributed by atoms with Gasteiger partial charge in [-0.1, -0.05) is 24.6 Å². The minimum absolute atomic E-state index is 0.155. The highest BCUT2D eigenvalue weighted by molar-refractivity contribution is 6.02. The molecule has 0 aliphatic carbocycles. The van der Waals surface area contributed by atoms with Crippen LogP contribution in [0.25, 0.3) is 0 Å². The standard InChI is InChI=1S/C22H25N7O/c30-22(23-16-8-3-1-4-9-16)17-12-13-20(25-24-17)28-15-7-10-18(28)21-27-26-19-11-5-2-6-14-29(19)21/h1,3-4,8-9,12-13,18H,2,5-7,10-11,14-15H2,(H,23,30). The summed E-state index contributed by atoms with van der Waals surface area (Å²) in [4.78, 5) is 14.7. The number of rotatable bonds is 4. The van der Waals surface area contributed by atoms with Crippen LogP contribution >= 0.6 is 0 Å². The molecule has 2 aromatic heterocycles. The molecule has 2 aliphatic rings. The molecular weight excluding hydrogens is 378 g/mol. The SMILES string of the molecule is O=C(Nc1ccccc1)c1ccc(N2CCCC2c2nnc3n2CCCCC3)nn1. The zero-order valence-corrected chi connectivity index (χ0v) is 16.9. The first kappa shape index (κ1) is 18.7. The number of amides is 1. The number of nitrogens with one attached hydrogen (secondary N) is 1. The van der Waals surface area contributed by atoms with Crippen LogP contribution < -0.4 is 10.2 Å². The largest absolute Gasteiger partial charge is 0.345 e. The smallest absolute Gasteiger partial charge is 0.276 e. The number of anilines is 2. The van der Waals surface area contributed by atoms with Gasteiger partial charge in [0, 0.05) is 25.2 Å². The summed E-state index contributed by atoms with van der Waals surface area (Å²) in [7, 11) is 0. The zero-order chi connectivity index (χ0) is 20.3. The second-order valence-electron chi connectivity index (χ2n) is 7.89. The van der Waals surface area contributed by atoms with E-state index in [0.717, 1.165) is 55.5 Å². The fourth-order valence-electron chi connectivity index (χ4n) is 4.38. The van der Waals surface area contributed by atoms with Gasteiger partial charge in [-0.3, -0.25) is 4.79 Å². The monoisotopic (exact) mass is 403 g/mol. The maximum absolute atomic E-state index is 12.4. The molecule has 1 atom stereocenters. The summed E-state index contributed by atoms with van der Waals surface area (Å²) < 4.78 is 2.31. The molecular formula is C22H25N7O. The molecule has 3 aromatic rings. The van der Waals surface area contributed by atoms with Gasteiger partial charge in [-0.15, -0.1) is 20.4 Å². The Hall–Kier alpha value is -3.29. The minimum Gasteiger partial charge on any atom is -0.345 e. The van der Waals surface area contributed by atoms with Gasteiger partial charge in [0.25, 0.3) is 5.91 Å². The fraction of sp³-hybridized carbons (Fsp3) is 0.409. The quantitative estimate of drug-likeness (QED) is 0.718. The van der Waals surface area contributed by atoms with Crippen molar-refractivity contribution < 1.29 is 4.79 Å². The van der Waals surface area contributed by atoms with Crippen LogP contribution in [0.3, 0.4) is 0 Å². The first-order chi connectivity index (χ1) is 14.8. The van der Waals surface area contributed by atoms with E-state index in [9.17, 15) is 4.79 Å². The van der Waals surface area contributed by atoms with Crippen molar-refractivity contribution >= 4 is 17.4 Å². The highest BCUT2D eigenvalue weighted by atomic mass is 16.1. The number of nitrogens with zero attached hydrogens (tertiary/aromatic N) is 6. The number of hydrogen-bond donors (Lipinski definition) is 1. The summed E-state index contributed by atoms with van der Waals surface area (Å²) in [6.07, 6.45) is 6.71. The molecule has 30 heavy (non-hydrogen) atoms. The van der Waals surface area contributed by atoms with Crippen LogP contribution in [0, 0.1) is 0 Å². The summed E-state index contributed by atoms with van der Waals surface area (Å²) in [5.41, 5.74) is 1.04. The minimum atomic E-state index is -0.263. The Morgan fingerprint density at radius 3 is 2.63 bits per heavy atom. The Bertz CT molecular complexity index is 1020. The molecule has 0 spiro atoms. The third-order valence-electron chi connectivity index (χ3n) is 5.90. The predicted molar refractivity (Wildman–Crippen MR) is 113 cm³/mol. The third-order valence-corrected chi connectivity index (χ3v) is 5.90. The number of fused-ring (bicyclic) bond motifs is 1. The van der Waals surface area contributed by atoms with Gasteiger partial charge in [0.15, 0.2) is 17.3 Å². The van der Waals surface area contributed by atoms with E-state index in [2.05, 4.69) is 35.2 Å². The number of carbonyl (C=O) groups is 1. The predicted octanol–water partition coefficient (Wildman–Crippen LogP) is 3.39. The molecule has 0 saturated carbocycles. The lowest BCUT2D eigenvalue weighted by atomic mass is 10.2. The van der Waals surface area contributed by atoms with Gasteiger partial charge < -0.3 is 14.8 Å². The normalized spacial score (nSPS) is 18.7. The van der Waals surface area contributed by atoms with Gasteiger partial charge in [-0.2, -0.15) is 0 Å². The second kappa shape index (κ2) is 8.22. The van der Waals surface area contributed by atoms with E-state index < -0.39 is 0 Å². The number of benzene rings is 1. The molecule has 8 heteroatoms. The lowest BCUT2D eigenvalue weighted by Gasteiger charge is -2.25. The number of para-hydroxylation sites is 1. The molecule has 8 nitrogen and oxygen atoms in total. The lowest BCUT2D eigenvalue weighted by Crippen LogP contribution is -2.27. The number of aromatic nitrogens is 5. The van der Waals surface area contributed by atoms with Gasteiger partial charge in [0.05, 0.1) is 6.04 Å². The van der Waals surface area contributed by atoms with Crippen LogP contribution in [-0.2, 0) is 13.0 Å². The van der Waals surface area contributed by atoms with E-state index in [4.69, 9.17) is 0 Å². The van der Waals surface area contributed by atoms with E-state index >= 15 is 0 Å². The van der Waals surface area contributed by atoms with Crippen molar-refractivity contribution in [1.29, 1.82) is 0 Å². The molecule has 0 radical (unpaired) electrons. The van der Waals surface area contributed by atoms with E-state index in [1.807, 2.05) is 36.4 Å². The van der Waals surface area contributed by atoms with Crippen molar-refractivity contribution in [3.8, 4) is 0 Å². The summed E-state index contributed by atoms with van der Waals surface area (Å²) in [5, 5.41) is 20.4. The van der Waals surface area contributed by atoms with Crippen LogP contribution in [-0.4, -0.2) is 37.4 Å². The molecule has 1 fully saturated rings.